The van der Waals surface area contributed by atoms with Gasteiger partial charge in [-0.05, 0) is 45.4 Å². The van der Waals surface area contributed by atoms with Crippen LogP contribution in [0.15, 0.2) is 4.99 Å². The van der Waals surface area contributed by atoms with E-state index in [9.17, 15) is 0 Å². The van der Waals surface area contributed by atoms with Gasteiger partial charge in [-0.25, -0.2) is 0 Å². The van der Waals surface area contributed by atoms with Gasteiger partial charge in [0.05, 0.1) is 0 Å². The van der Waals surface area contributed by atoms with Gasteiger partial charge in [0.2, 0.25) is 0 Å². The molecule has 1 aromatic rings. The van der Waals surface area contributed by atoms with Crippen molar-refractivity contribution < 1.29 is 0 Å². The van der Waals surface area contributed by atoms with Crippen LogP contribution in [0.3, 0.4) is 0 Å². The van der Waals surface area contributed by atoms with Crippen molar-refractivity contribution in [2.45, 2.75) is 64.6 Å². The van der Waals surface area contributed by atoms with Crippen molar-refractivity contribution in [2.24, 2.45) is 10.9 Å². The van der Waals surface area contributed by atoms with E-state index in [2.05, 4.69) is 37.2 Å². The Hall–Kier alpha value is -1.63. The first kappa shape index (κ1) is 16.8. The molecule has 25 heavy (non-hydrogen) atoms. The number of hydrogen-bond donors (Lipinski definition) is 2. The topological polar surface area (TPSA) is 70.4 Å². The molecule has 2 aliphatic heterocycles. The first-order valence-corrected chi connectivity index (χ1v) is 9.90. The van der Waals surface area contributed by atoms with Crippen LogP contribution in [0.5, 0.6) is 0 Å². The van der Waals surface area contributed by atoms with Gasteiger partial charge in [0, 0.05) is 51.2 Å². The largest absolute Gasteiger partial charge is 0.357 e. The molecule has 138 valence electrons. The second-order valence-electron chi connectivity index (χ2n) is 7.75. The molecule has 7 nitrogen and oxygen atoms in total. The predicted molar refractivity (Wildman–Crippen MR) is 98.7 cm³/mol. The summed E-state index contributed by atoms with van der Waals surface area (Å²) >= 11 is 0. The van der Waals surface area contributed by atoms with Gasteiger partial charge in [-0.3, -0.25) is 9.89 Å². The van der Waals surface area contributed by atoms with Crippen molar-refractivity contribution >= 4 is 5.96 Å². The van der Waals surface area contributed by atoms with E-state index in [0.717, 1.165) is 56.1 Å². The van der Waals surface area contributed by atoms with E-state index in [0.29, 0.717) is 12.0 Å². The average molecular weight is 345 g/mol. The number of aryl methyl sites for hydroxylation is 2. The summed E-state index contributed by atoms with van der Waals surface area (Å²) in [5, 5.41) is 15.5. The second kappa shape index (κ2) is 7.32. The first-order valence-electron chi connectivity index (χ1n) is 9.90. The second-order valence-corrected chi connectivity index (χ2v) is 7.75. The van der Waals surface area contributed by atoms with Crippen LogP contribution in [-0.2, 0) is 13.0 Å². The van der Waals surface area contributed by atoms with Gasteiger partial charge in [-0.2, -0.15) is 0 Å². The number of aromatic nitrogens is 3. The Bertz CT molecular complexity index is 619. The number of nitrogens with zero attached hydrogens (tertiary/aromatic N) is 5. The van der Waals surface area contributed by atoms with E-state index in [4.69, 9.17) is 4.99 Å². The zero-order valence-corrected chi connectivity index (χ0v) is 15.5. The Labute approximate surface area is 150 Å². The summed E-state index contributed by atoms with van der Waals surface area (Å²) in [6.45, 7) is 9.35. The molecule has 2 unspecified atom stereocenters. The summed E-state index contributed by atoms with van der Waals surface area (Å²) in [5.74, 6) is 3.72. The number of aliphatic imine (C=N–C) groups is 1. The van der Waals surface area contributed by atoms with Gasteiger partial charge in [-0.1, -0.05) is 0 Å². The van der Waals surface area contributed by atoms with E-state index >= 15 is 0 Å². The maximum absolute atomic E-state index is 4.89. The molecule has 0 amide bonds. The predicted octanol–water partition coefficient (Wildman–Crippen LogP) is 0.941. The molecule has 7 heteroatoms. The van der Waals surface area contributed by atoms with Crippen LogP contribution in [0.25, 0.3) is 0 Å². The van der Waals surface area contributed by atoms with Crippen LogP contribution in [-0.4, -0.2) is 63.9 Å². The van der Waals surface area contributed by atoms with Crippen molar-refractivity contribution in [2.75, 3.05) is 26.2 Å². The number of rotatable bonds is 5. The molecule has 2 N–H and O–H groups in total. The van der Waals surface area contributed by atoms with Crippen molar-refractivity contribution in [3.63, 3.8) is 0 Å². The molecule has 1 aromatic heterocycles. The lowest BCUT2D eigenvalue weighted by atomic mass is 9.99. The van der Waals surface area contributed by atoms with Gasteiger partial charge in [0.15, 0.2) is 5.96 Å². The summed E-state index contributed by atoms with van der Waals surface area (Å²) in [6.07, 6.45) is 6.19. The minimum absolute atomic E-state index is 0.538. The van der Waals surface area contributed by atoms with Crippen LogP contribution >= 0.6 is 0 Å². The fraction of sp³-hybridized carbons (Fsp3) is 0.833. The highest BCUT2D eigenvalue weighted by Gasteiger charge is 2.34. The zero-order valence-electron chi connectivity index (χ0n) is 15.5. The molecule has 4 rings (SSSR count). The van der Waals surface area contributed by atoms with Gasteiger partial charge in [0.25, 0.3) is 0 Å². The van der Waals surface area contributed by atoms with E-state index in [-0.39, 0.29) is 0 Å². The maximum atomic E-state index is 4.89. The summed E-state index contributed by atoms with van der Waals surface area (Å²) in [7, 11) is 0. The molecule has 0 spiro atoms. The summed E-state index contributed by atoms with van der Waals surface area (Å²) in [4.78, 5) is 7.53. The Morgan fingerprint density at radius 1 is 1.20 bits per heavy atom. The van der Waals surface area contributed by atoms with Crippen molar-refractivity contribution in [1.29, 1.82) is 0 Å². The van der Waals surface area contributed by atoms with Crippen LogP contribution in [0.2, 0.25) is 0 Å². The minimum atomic E-state index is 0.538. The SMILES string of the molecule is CCNC(=NCC1CCc2nnc(C)n2C1)NC1CCN(C2CC2)C1. The number of guanidine groups is 1. The fourth-order valence-electron chi connectivity index (χ4n) is 4.09. The lowest BCUT2D eigenvalue weighted by molar-refractivity contribution is 0.321. The number of hydrogen-bond acceptors (Lipinski definition) is 4. The Kier molecular flexibility index (Phi) is 4.92. The standard InChI is InChI=1S/C18H31N7/c1-3-19-18(21-15-8-9-24(12-15)16-5-6-16)20-10-14-4-7-17-23-22-13(2)25(17)11-14/h14-16H,3-12H2,1-2H3,(H2,19,20,21). The molecule has 1 saturated carbocycles. The highest BCUT2D eigenvalue weighted by molar-refractivity contribution is 5.80. The number of likely N-dealkylation sites (tertiary alicyclic amines) is 1. The van der Waals surface area contributed by atoms with Crippen LogP contribution < -0.4 is 10.6 Å². The molecule has 2 atom stereocenters. The van der Waals surface area contributed by atoms with Crippen molar-refractivity contribution in [3.05, 3.63) is 11.6 Å². The minimum Gasteiger partial charge on any atom is -0.357 e. The molecule has 0 radical (unpaired) electrons. The van der Waals surface area contributed by atoms with Crippen LogP contribution in [0.1, 0.15) is 44.3 Å². The quantitative estimate of drug-likeness (QED) is 0.614. The fourth-order valence-corrected chi connectivity index (χ4v) is 4.09. The van der Waals surface area contributed by atoms with Crippen LogP contribution in [0.4, 0.5) is 0 Å². The summed E-state index contributed by atoms with van der Waals surface area (Å²) < 4.78 is 2.26. The third-order valence-electron chi connectivity index (χ3n) is 5.70. The number of nitrogens with one attached hydrogen (secondary N) is 2. The molecular formula is C18H31N7. The van der Waals surface area contributed by atoms with E-state index < -0.39 is 0 Å². The Balaban J connectivity index is 1.32. The Morgan fingerprint density at radius 2 is 2.08 bits per heavy atom. The maximum Gasteiger partial charge on any atom is 0.191 e. The van der Waals surface area contributed by atoms with Gasteiger partial charge < -0.3 is 15.2 Å². The lowest BCUT2D eigenvalue weighted by Gasteiger charge is -2.23. The first-order chi connectivity index (χ1) is 12.2. The van der Waals surface area contributed by atoms with Crippen LogP contribution in [0, 0.1) is 12.8 Å². The van der Waals surface area contributed by atoms with Crippen molar-refractivity contribution in [1.82, 2.24) is 30.3 Å². The monoisotopic (exact) mass is 345 g/mol. The third-order valence-corrected chi connectivity index (χ3v) is 5.70. The Morgan fingerprint density at radius 3 is 2.88 bits per heavy atom. The average Bonchev–Trinajstić information content (AvgIpc) is 3.26. The van der Waals surface area contributed by atoms with Gasteiger partial charge in [-0.15, -0.1) is 10.2 Å². The normalized spacial score (nSPS) is 27.4. The molecule has 0 aromatic carbocycles. The smallest absolute Gasteiger partial charge is 0.191 e. The van der Waals surface area contributed by atoms with Gasteiger partial charge in [0.1, 0.15) is 11.6 Å². The molecule has 3 heterocycles. The van der Waals surface area contributed by atoms with E-state index in [1.807, 2.05) is 6.92 Å². The molecular weight excluding hydrogens is 314 g/mol. The highest BCUT2D eigenvalue weighted by atomic mass is 15.3. The van der Waals surface area contributed by atoms with E-state index in [1.54, 1.807) is 0 Å². The van der Waals surface area contributed by atoms with E-state index in [1.165, 1.54) is 32.4 Å². The lowest BCUT2D eigenvalue weighted by Crippen LogP contribution is -2.45. The molecule has 1 aliphatic carbocycles. The molecule has 3 aliphatic rings. The highest BCUT2D eigenvalue weighted by Crippen LogP contribution is 2.29. The third kappa shape index (κ3) is 3.97. The van der Waals surface area contributed by atoms with Crippen molar-refractivity contribution in [3.8, 4) is 0 Å². The zero-order chi connectivity index (χ0) is 17.2. The summed E-state index contributed by atoms with van der Waals surface area (Å²) in [6, 6.07) is 1.41. The summed E-state index contributed by atoms with van der Waals surface area (Å²) in [5.41, 5.74) is 0. The molecule has 1 saturated heterocycles. The number of fused-ring (bicyclic) bond motifs is 1. The van der Waals surface area contributed by atoms with Gasteiger partial charge >= 0.3 is 0 Å². The molecule has 0 bridgehead atoms. The molecule has 2 fully saturated rings.